The Morgan fingerprint density at radius 1 is 0.974 bits per heavy atom. The number of hydrogen-bond acceptors (Lipinski definition) is 5. The maximum absolute atomic E-state index is 13.6. The molecule has 1 unspecified atom stereocenters. The highest BCUT2D eigenvalue weighted by Crippen LogP contribution is 2.55. The summed E-state index contributed by atoms with van der Waals surface area (Å²) in [5.74, 6) is 1.29. The molecular formula is C30H36N2O5S. The molecule has 7 nitrogen and oxygen atoms in total. The smallest absolute Gasteiger partial charge is 0.308 e. The standard InChI is InChI=1S/C30H36N2O5S/c1-20-6-8-25(9-7-20)38(35,36)32-11-10-24-4-2-3-5-26(24)27(32)15-29(34)37-19-28(33)31-30-16-21-12-22(17-30)14-23(13-21)18-30/h2-9,21-23,27H,10-19H2,1H3,(H,31,33). The molecule has 2 aromatic carbocycles. The Hall–Kier alpha value is -2.71. The van der Waals surface area contributed by atoms with Gasteiger partial charge in [0.15, 0.2) is 6.61 Å². The van der Waals surface area contributed by atoms with Crippen LogP contribution in [0.1, 0.15) is 67.7 Å². The molecule has 1 aliphatic heterocycles. The number of amides is 1. The van der Waals surface area contributed by atoms with Crippen LogP contribution in [-0.4, -0.2) is 43.3 Å². The number of hydrogen-bond donors (Lipinski definition) is 1. The van der Waals surface area contributed by atoms with Crippen molar-refractivity contribution in [1.82, 2.24) is 9.62 Å². The second-order valence-electron chi connectivity index (χ2n) is 12.0. The summed E-state index contributed by atoms with van der Waals surface area (Å²) >= 11 is 0. The van der Waals surface area contributed by atoms with E-state index in [2.05, 4.69) is 5.32 Å². The van der Waals surface area contributed by atoms with Crippen molar-refractivity contribution in [2.24, 2.45) is 17.8 Å². The molecule has 1 heterocycles. The Balaban J connectivity index is 1.14. The predicted octanol–water partition coefficient (Wildman–Crippen LogP) is 4.30. The first-order valence-electron chi connectivity index (χ1n) is 13.8. The summed E-state index contributed by atoms with van der Waals surface area (Å²) in [4.78, 5) is 26.1. The molecule has 1 atom stereocenters. The number of sulfonamides is 1. The van der Waals surface area contributed by atoms with Crippen LogP contribution >= 0.6 is 0 Å². The molecule has 4 bridgehead atoms. The van der Waals surface area contributed by atoms with Crippen molar-refractivity contribution in [2.45, 2.75) is 74.8 Å². The molecule has 1 N–H and O–H groups in total. The Morgan fingerprint density at radius 2 is 1.61 bits per heavy atom. The van der Waals surface area contributed by atoms with Gasteiger partial charge in [-0.2, -0.15) is 4.31 Å². The predicted molar refractivity (Wildman–Crippen MR) is 143 cm³/mol. The highest BCUT2D eigenvalue weighted by atomic mass is 32.2. The van der Waals surface area contributed by atoms with E-state index < -0.39 is 22.0 Å². The third-order valence-electron chi connectivity index (χ3n) is 9.16. The van der Waals surface area contributed by atoms with E-state index in [0.717, 1.165) is 36.0 Å². The van der Waals surface area contributed by atoms with Crippen molar-refractivity contribution in [3.8, 4) is 0 Å². The molecule has 0 radical (unpaired) electrons. The number of ether oxygens (including phenoxy) is 1. The van der Waals surface area contributed by atoms with Crippen LogP contribution in [0.2, 0.25) is 0 Å². The fourth-order valence-electron chi connectivity index (χ4n) is 7.93. The first-order chi connectivity index (χ1) is 18.2. The van der Waals surface area contributed by atoms with E-state index in [9.17, 15) is 18.0 Å². The van der Waals surface area contributed by atoms with Crippen molar-refractivity contribution in [3.05, 3.63) is 65.2 Å². The lowest BCUT2D eigenvalue weighted by Gasteiger charge is -2.56. The monoisotopic (exact) mass is 536 g/mol. The van der Waals surface area contributed by atoms with Gasteiger partial charge in [0.05, 0.1) is 17.4 Å². The zero-order chi connectivity index (χ0) is 26.5. The maximum Gasteiger partial charge on any atom is 0.308 e. The van der Waals surface area contributed by atoms with Crippen molar-refractivity contribution in [3.63, 3.8) is 0 Å². The summed E-state index contributed by atoms with van der Waals surface area (Å²) in [7, 11) is -3.83. The van der Waals surface area contributed by atoms with Crippen LogP contribution in [0.5, 0.6) is 0 Å². The normalized spacial score (nSPS) is 30.0. The highest BCUT2D eigenvalue weighted by molar-refractivity contribution is 7.89. The van der Waals surface area contributed by atoms with Gasteiger partial charge in [0.1, 0.15) is 0 Å². The lowest BCUT2D eigenvalue weighted by Crippen LogP contribution is -2.60. The van der Waals surface area contributed by atoms with Crippen molar-refractivity contribution >= 4 is 21.9 Å². The summed E-state index contributed by atoms with van der Waals surface area (Å²) in [6.07, 6.45) is 7.38. The molecule has 7 rings (SSSR count). The van der Waals surface area contributed by atoms with E-state index in [1.54, 1.807) is 24.3 Å². The van der Waals surface area contributed by atoms with Crippen LogP contribution in [-0.2, 0) is 30.8 Å². The third kappa shape index (κ3) is 4.89. The Bertz CT molecular complexity index is 1300. The van der Waals surface area contributed by atoms with E-state index in [-0.39, 0.29) is 35.9 Å². The first kappa shape index (κ1) is 25.6. The van der Waals surface area contributed by atoms with Crippen LogP contribution in [0.3, 0.4) is 0 Å². The SMILES string of the molecule is Cc1ccc(S(=O)(=O)N2CCc3ccccc3C2CC(=O)OCC(=O)NC23CC4CC(CC(C4)C2)C3)cc1. The Labute approximate surface area is 225 Å². The van der Waals surface area contributed by atoms with Crippen molar-refractivity contribution in [2.75, 3.05) is 13.2 Å². The second kappa shape index (κ2) is 9.79. The molecule has 0 aromatic heterocycles. The third-order valence-corrected chi connectivity index (χ3v) is 11.1. The van der Waals surface area contributed by atoms with Gasteiger partial charge in [0.25, 0.3) is 5.91 Å². The molecule has 4 fully saturated rings. The van der Waals surface area contributed by atoms with E-state index in [1.165, 1.54) is 23.6 Å². The number of rotatable bonds is 7. The number of carbonyl (C=O) groups is 2. The van der Waals surface area contributed by atoms with Crippen LogP contribution in [0, 0.1) is 24.7 Å². The fourth-order valence-corrected chi connectivity index (χ4v) is 9.54. The highest BCUT2D eigenvalue weighted by Gasteiger charge is 2.51. The van der Waals surface area contributed by atoms with Crippen molar-refractivity contribution in [1.29, 1.82) is 0 Å². The van der Waals surface area contributed by atoms with Gasteiger partial charge in [0.2, 0.25) is 10.0 Å². The molecule has 202 valence electrons. The minimum Gasteiger partial charge on any atom is -0.456 e. The molecule has 38 heavy (non-hydrogen) atoms. The van der Waals surface area contributed by atoms with Gasteiger partial charge in [0, 0.05) is 12.1 Å². The molecular weight excluding hydrogens is 500 g/mol. The molecule has 4 aliphatic carbocycles. The molecule has 4 saturated carbocycles. The fraction of sp³-hybridized carbons (Fsp3) is 0.533. The number of benzene rings is 2. The molecule has 8 heteroatoms. The number of fused-ring (bicyclic) bond motifs is 1. The van der Waals surface area contributed by atoms with Gasteiger partial charge in [-0.05, 0) is 92.9 Å². The number of aryl methyl sites for hydroxylation is 1. The topological polar surface area (TPSA) is 92.8 Å². The molecule has 0 spiro atoms. The van der Waals surface area contributed by atoms with Crippen LogP contribution < -0.4 is 5.32 Å². The quantitative estimate of drug-likeness (QED) is 0.533. The summed E-state index contributed by atoms with van der Waals surface area (Å²) in [6.45, 7) is 1.85. The van der Waals surface area contributed by atoms with E-state index >= 15 is 0 Å². The second-order valence-corrected chi connectivity index (χ2v) is 13.9. The zero-order valence-corrected chi connectivity index (χ0v) is 22.7. The Kier molecular flexibility index (Phi) is 6.59. The number of carbonyl (C=O) groups excluding carboxylic acids is 2. The average Bonchev–Trinajstić information content (AvgIpc) is 2.87. The van der Waals surface area contributed by atoms with Crippen LogP contribution in [0.25, 0.3) is 0 Å². The van der Waals surface area contributed by atoms with Crippen molar-refractivity contribution < 1.29 is 22.7 Å². The lowest BCUT2D eigenvalue weighted by atomic mass is 9.53. The molecule has 1 amide bonds. The lowest BCUT2D eigenvalue weighted by molar-refractivity contribution is -0.151. The van der Waals surface area contributed by atoms with Gasteiger partial charge in [-0.25, -0.2) is 8.42 Å². The van der Waals surface area contributed by atoms with Gasteiger partial charge in [-0.3, -0.25) is 9.59 Å². The zero-order valence-electron chi connectivity index (χ0n) is 21.9. The van der Waals surface area contributed by atoms with Crippen LogP contribution in [0.4, 0.5) is 0 Å². The minimum atomic E-state index is -3.83. The Morgan fingerprint density at radius 3 is 2.26 bits per heavy atom. The number of nitrogens with one attached hydrogen (secondary N) is 1. The summed E-state index contributed by atoms with van der Waals surface area (Å²) < 4.78 is 34.1. The largest absolute Gasteiger partial charge is 0.456 e. The summed E-state index contributed by atoms with van der Waals surface area (Å²) in [5.41, 5.74) is 2.67. The minimum absolute atomic E-state index is 0.139. The first-order valence-corrected chi connectivity index (χ1v) is 15.3. The maximum atomic E-state index is 13.6. The van der Waals surface area contributed by atoms with Crippen LogP contribution in [0.15, 0.2) is 53.4 Å². The van der Waals surface area contributed by atoms with E-state index in [1.807, 2.05) is 31.2 Å². The summed E-state index contributed by atoms with van der Waals surface area (Å²) in [6, 6.07) is 13.7. The average molecular weight is 537 g/mol. The van der Waals surface area contributed by atoms with Gasteiger partial charge in [-0.1, -0.05) is 42.0 Å². The molecule has 0 saturated heterocycles. The molecule has 5 aliphatic rings. The van der Waals surface area contributed by atoms with E-state index in [4.69, 9.17) is 4.74 Å². The summed E-state index contributed by atoms with van der Waals surface area (Å²) in [5, 5.41) is 3.24. The number of esters is 1. The molecule has 2 aromatic rings. The van der Waals surface area contributed by atoms with Gasteiger partial charge < -0.3 is 10.1 Å². The van der Waals surface area contributed by atoms with E-state index in [0.29, 0.717) is 24.2 Å². The van der Waals surface area contributed by atoms with Gasteiger partial charge >= 0.3 is 5.97 Å². The van der Waals surface area contributed by atoms with Gasteiger partial charge in [-0.15, -0.1) is 0 Å². The number of nitrogens with zero attached hydrogens (tertiary/aromatic N) is 1.